The SMILES string of the molecule is CC(C)(CO)N/C=C(/C#N)C(=O)N1CCNCC1. The lowest BCUT2D eigenvalue weighted by atomic mass is 10.1. The summed E-state index contributed by atoms with van der Waals surface area (Å²) in [6.07, 6.45) is 1.39. The molecule has 0 unspecified atom stereocenters. The van der Waals surface area contributed by atoms with Gasteiger partial charge in [0.1, 0.15) is 11.6 Å². The van der Waals surface area contributed by atoms with Crippen LogP contribution < -0.4 is 10.6 Å². The first kappa shape index (κ1) is 14.5. The molecule has 100 valence electrons. The Kier molecular flexibility index (Phi) is 5.13. The first-order valence-corrected chi connectivity index (χ1v) is 5.99. The Hall–Kier alpha value is -1.58. The normalized spacial score (nSPS) is 17.2. The average molecular weight is 252 g/mol. The van der Waals surface area contributed by atoms with Crippen molar-refractivity contribution in [1.29, 1.82) is 5.26 Å². The number of nitrogens with zero attached hydrogens (tertiary/aromatic N) is 2. The number of aliphatic hydroxyl groups is 1. The Morgan fingerprint density at radius 3 is 2.67 bits per heavy atom. The third kappa shape index (κ3) is 4.02. The maximum Gasteiger partial charge on any atom is 0.266 e. The molecule has 1 fully saturated rings. The molecule has 0 radical (unpaired) electrons. The van der Waals surface area contributed by atoms with E-state index in [0.717, 1.165) is 13.1 Å². The number of carbonyl (C=O) groups is 1. The minimum atomic E-state index is -0.550. The zero-order valence-electron chi connectivity index (χ0n) is 10.9. The predicted molar refractivity (Wildman–Crippen MR) is 67.4 cm³/mol. The van der Waals surface area contributed by atoms with Gasteiger partial charge in [0, 0.05) is 32.4 Å². The fraction of sp³-hybridized carbons (Fsp3) is 0.667. The quantitative estimate of drug-likeness (QED) is 0.450. The van der Waals surface area contributed by atoms with E-state index in [0.29, 0.717) is 13.1 Å². The summed E-state index contributed by atoms with van der Waals surface area (Å²) in [6, 6.07) is 1.90. The van der Waals surface area contributed by atoms with E-state index in [1.54, 1.807) is 18.7 Å². The Balaban J connectivity index is 2.68. The van der Waals surface area contributed by atoms with Crippen LogP contribution in [0.15, 0.2) is 11.8 Å². The molecule has 1 heterocycles. The molecule has 0 aromatic carbocycles. The van der Waals surface area contributed by atoms with E-state index in [1.807, 2.05) is 6.07 Å². The zero-order valence-corrected chi connectivity index (χ0v) is 10.9. The lowest BCUT2D eigenvalue weighted by molar-refractivity contribution is -0.127. The highest BCUT2D eigenvalue weighted by Crippen LogP contribution is 2.05. The van der Waals surface area contributed by atoms with Gasteiger partial charge in [0.25, 0.3) is 5.91 Å². The van der Waals surface area contributed by atoms with Crippen LogP contribution in [0.3, 0.4) is 0 Å². The molecule has 18 heavy (non-hydrogen) atoms. The average Bonchev–Trinajstić information content (AvgIpc) is 2.40. The summed E-state index contributed by atoms with van der Waals surface area (Å²) in [5, 5.41) is 24.1. The van der Waals surface area contributed by atoms with Crippen molar-refractivity contribution in [3.8, 4) is 6.07 Å². The van der Waals surface area contributed by atoms with Crippen LogP contribution in [-0.4, -0.2) is 54.2 Å². The molecule has 1 aliphatic heterocycles. The number of nitriles is 1. The van der Waals surface area contributed by atoms with Crippen molar-refractivity contribution < 1.29 is 9.90 Å². The Morgan fingerprint density at radius 1 is 1.56 bits per heavy atom. The second-order valence-corrected chi connectivity index (χ2v) is 4.90. The molecule has 0 aromatic rings. The van der Waals surface area contributed by atoms with Gasteiger partial charge < -0.3 is 20.6 Å². The maximum atomic E-state index is 12.0. The van der Waals surface area contributed by atoms with Crippen LogP contribution in [0.25, 0.3) is 0 Å². The second kappa shape index (κ2) is 6.38. The molecular weight excluding hydrogens is 232 g/mol. The number of aliphatic hydroxyl groups excluding tert-OH is 1. The summed E-state index contributed by atoms with van der Waals surface area (Å²) >= 11 is 0. The highest BCUT2D eigenvalue weighted by Gasteiger charge is 2.21. The van der Waals surface area contributed by atoms with Crippen LogP contribution in [0.1, 0.15) is 13.8 Å². The van der Waals surface area contributed by atoms with Gasteiger partial charge >= 0.3 is 0 Å². The van der Waals surface area contributed by atoms with Gasteiger partial charge in [0.15, 0.2) is 0 Å². The number of hydrogen-bond acceptors (Lipinski definition) is 5. The second-order valence-electron chi connectivity index (χ2n) is 4.90. The van der Waals surface area contributed by atoms with Crippen LogP contribution in [0, 0.1) is 11.3 Å². The summed E-state index contributed by atoms with van der Waals surface area (Å²) in [4.78, 5) is 13.7. The van der Waals surface area contributed by atoms with Gasteiger partial charge in [-0.15, -0.1) is 0 Å². The molecule has 0 spiro atoms. The van der Waals surface area contributed by atoms with Gasteiger partial charge in [-0.05, 0) is 13.8 Å². The fourth-order valence-corrected chi connectivity index (χ4v) is 1.49. The monoisotopic (exact) mass is 252 g/mol. The van der Waals surface area contributed by atoms with Gasteiger partial charge in [-0.1, -0.05) is 0 Å². The summed E-state index contributed by atoms with van der Waals surface area (Å²) in [5.41, 5.74) is -0.482. The Labute approximate surface area is 107 Å². The van der Waals surface area contributed by atoms with Crippen molar-refractivity contribution in [3.63, 3.8) is 0 Å². The van der Waals surface area contributed by atoms with Crippen molar-refractivity contribution in [2.75, 3.05) is 32.8 Å². The predicted octanol–water partition coefficient (Wildman–Crippen LogP) is -0.814. The minimum Gasteiger partial charge on any atom is -0.394 e. The number of nitrogens with one attached hydrogen (secondary N) is 2. The Morgan fingerprint density at radius 2 is 2.17 bits per heavy atom. The molecular formula is C12H20N4O2. The highest BCUT2D eigenvalue weighted by atomic mass is 16.3. The van der Waals surface area contributed by atoms with Crippen LogP contribution in [-0.2, 0) is 4.79 Å². The van der Waals surface area contributed by atoms with E-state index in [-0.39, 0.29) is 18.1 Å². The van der Waals surface area contributed by atoms with E-state index in [9.17, 15) is 4.79 Å². The van der Waals surface area contributed by atoms with E-state index >= 15 is 0 Å². The van der Waals surface area contributed by atoms with Gasteiger partial charge in [0.2, 0.25) is 0 Å². The Bertz CT molecular complexity index is 365. The molecule has 0 aliphatic carbocycles. The van der Waals surface area contributed by atoms with E-state index in [2.05, 4.69) is 10.6 Å². The van der Waals surface area contributed by atoms with Crippen LogP contribution in [0.2, 0.25) is 0 Å². The number of amides is 1. The zero-order chi connectivity index (χ0) is 13.6. The summed E-state index contributed by atoms with van der Waals surface area (Å²) in [6.45, 7) is 6.22. The topological polar surface area (TPSA) is 88.4 Å². The minimum absolute atomic E-state index is 0.0680. The van der Waals surface area contributed by atoms with Gasteiger partial charge in [0.05, 0.1) is 12.1 Å². The van der Waals surface area contributed by atoms with E-state index in [4.69, 9.17) is 10.4 Å². The lowest BCUT2D eigenvalue weighted by Gasteiger charge is -2.27. The molecule has 0 saturated carbocycles. The molecule has 1 aliphatic rings. The third-order valence-corrected chi connectivity index (χ3v) is 2.76. The fourth-order valence-electron chi connectivity index (χ4n) is 1.49. The molecule has 6 nitrogen and oxygen atoms in total. The number of hydrogen-bond donors (Lipinski definition) is 3. The molecule has 6 heteroatoms. The van der Waals surface area contributed by atoms with Crippen molar-refractivity contribution in [2.45, 2.75) is 19.4 Å². The molecule has 1 saturated heterocycles. The number of piperazine rings is 1. The van der Waals surface area contributed by atoms with Crippen LogP contribution in [0.4, 0.5) is 0 Å². The molecule has 0 aromatic heterocycles. The molecule has 3 N–H and O–H groups in total. The maximum absolute atomic E-state index is 12.0. The van der Waals surface area contributed by atoms with E-state index < -0.39 is 5.54 Å². The van der Waals surface area contributed by atoms with Crippen molar-refractivity contribution in [1.82, 2.24) is 15.5 Å². The molecule has 0 bridgehead atoms. The van der Waals surface area contributed by atoms with Crippen LogP contribution in [0.5, 0.6) is 0 Å². The van der Waals surface area contributed by atoms with Crippen molar-refractivity contribution >= 4 is 5.91 Å². The standard InChI is InChI=1S/C12H20N4O2/c1-12(2,9-17)15-8-10(7-13)11(18)16-5-3-14-4-6-16/h8,14-15,17H,3-6,9H2,1-2H3/b10-8-. The van der Waals surface area contributed by atoms with Crippen LogP contribution >= 0.6 is 0 Å². The molecule has 1 rings (SSSR count). The van der Waals surface area contributed by atoms with Gasteiger partial charge in [-0.3, -0.25) is 4.79 Å². The first-order chi connectivity index (χ1) is 8.50. The summed E-state index contributed by atoms with van der Waals surface area (Å²) < 4.78 is 0. The molecule has 1 amide bonds. The largest absolute Gasteiger partial charge is 0.394 e. The summed E-state index contributed by atoms with van der Waals surface area (Å²) in [7, 11) is 0. The highest BCUT2D eigenvalue weighted by molar-refractivity contribution is 5.97. The number of rotatable bonds is 4. The van der Waals surface area contributed by atoms with Crippen molar-refractivity contribution in [2.24, 2.45) is 0 Å². The molecule has 0 atom stereocenters. The first-order valence-electron chi connectivity index (χ1n) is 5.99. The lowest BCUT2D eigenvalue weighted by Crippen LogP contribution is -2.47. The van der Waals surface area contributed by atoms with Gasteiger partial charge in [-0.25, -0.2) is 0 Å². The smallest absolute Gasteiger partial charge is 0.266 e. The third-order valence-electron chi connectivity index (χ3n) is 2.76. The number of carbonyl (C=O) groups excluding carboxylic acids is 1. The van der Waals surface area contributed by atoms with E-state index in [1.165, 1.54) is 6.20 Å². The van der Waals surface area contributed by atoms with Crippen molar-refractivity contribution in [3.05, 3.63) is 11.8 Å². The van der Waals surface area contributed by atoms with Gasteiger partial charge in [-0.2, -0.15) is 5.26 Å². The summed E-state index contributed by atoms with van der Waals surface area (Å²) in [5.74, 6) is -0.264.